The normalized spacial score (nSPS) is 25.5. The Morgan fingerprint density at radius 3 is 2.94 bits per heavy atom. The Kier molecular flexibility index (Phi) is 6.91. The summed E-state index contributed by atoms with van der Waals surface area (Å²) in [6.07, 6.45) is 0.204. The molecular formula is C18H18ClN7O4S2. The molecule has 5 unspecified atom stereocenters. The Hall–Kier alpha value is -2.31. The van der Waals surface area contributed by atoms with Crippen LogP contribution in [0.5, 0.6) is 0 Å². The first-order valence-corrected chi connectivity index (χ1v) is 11.4. The number of thioether (sulfide) groups is 1. The summed E-state index contributed by atoms with van der Waals surface area (Å²) in [5.41, 5.74) is 6.18. The van der Waals surface area contributed by atoms with E-state index in [2.05, 4.69) is 20.3 Å². The fourth-order valence-electron chi connectivity index (χ4n) is 3.37. The van der Waals surface area contributed by atoms with E-state index >= 15 is 0 Å². The van der Waals surface area contributed by atoms with Gasteiger partial charge in [-0.25, -0.2) is 14.6 Å². The maximum atomic E-state index is 10.9. The van der Waals surface area contributed by atoms with Crippen LogP contribution in [0, 0.1) is 11.3 Å². The van der Waals surface area contributed by atoms with Gasteiger partial charge in [0.15, 0.2) is 10.8 Å². The van der Waals surface area contributed by atoms with Crippen molar-refractivity contribution in [2.24, 2.45) is 0 Å². The van der Waals surface area contributed by atoms with Gasteiger partial charge in [0.25, 0.3) is 0 Å². The molecule has 0 bridgehead atoms. The summed E-state index contributed by atoms with van der Waals surface area (Å²) in [4.78, 5) is 8.71. The molecule has 4 N–H and O–H groups in total. The highest BCUT2D eigenvalue weighted by molar-refractivity contribution is 7.99. The van der Waals surface area contributed by atoms with Crippen molar-refractivity contribution in [3.63, 3.8) is 0 Å². The molecule has 0 aromatic carbocycles. The van der Waals surface area contributed by atoms with Gasteiger partial charge in [-0.1, -0.05) is 28.6 Å². The predicted molar refractivity (Wildman–Crippen MR) is 117 cm³/mol. The number of nitrogens with zero attached hydrogens (tertiary/aromatic N) is 6. The topological polar surface area (TPSA) is 165 Å². The van der Waals surface area contributed by atoms with Crippen LogP contribution in [0.15, 0.2) is 28.7 Å². The van der Waals surface area contributed by atoms with E-state index in [4.69, 9.17) is 26.8 Å². The lowest BCUT2D eigenvalue weighted by molar-refractivity contribution is -0.186. The minimum atomic E-state index is -1.15. The molecule has 0 aliphatic carbocycles. The van der Waals surface area contributed by atoms with E-state index in [9.17, 15) is 15.5 Å². The smallest absolute Gasteiger partial charge is 0.180 e. The van der Waals surface area contributed by atoms with Crippen molar-refractivity contribution < 1.29 is 19.7 Å². The number of halogens is 1. The number of aromatic nitrogens is 5. The van der Waals surface area contributed by atoms with Gasteiger partial charge in [-0.2, -0.15) is 5.26 Å². The molecule has 3 aromatic heterocycles. The van der Waals surface area contributed by atoms with Crippen LogP contribution in [-0.2, 0) is 9.47 Å². The molecule has 0 spiro atoms. The van der Waals surface area contributed by atoms with Crippen molar-refractivity contribution in [1.29, 1.82) is 5.26 Å². The number of rotatable bonds is 6. The molecule has 4 heterocycles. The third-order valence-electron chi connectivity index (χ3n) is 4.87. The van der Waals surface area contributed by atoms with Crippen LogP contribution in [-0.4, -0.2) is 72.6 Å². The number of hydrogen-bond acceptors (Lipinski definition) is 12. The van der Waals surface area contributed by atoms with E-state index in [1.54, 1.807) is 17.6 Å². The quantitative estimate of drug-likeness (QED) is 0.451. The molecule has 1 aliphatic rings. The summed E-state index contributed by atoms with van der Waals surface area (Å²) >= 11 is 8.49. The van der Waals surface area contributed by atoms with E-state index in [1.165, 1.54) is 29.3 Å². The second-order valence-electron chi connectivity index (χ2n) is 6.79. The third-order valence-corrected chi connectivity index (χ3v) is 6.92. The zero-order chi connectivity index (χ0) is 22.8. The number of thiazole rings is 1. The SMILES string of the molecule is COC1C(Sc2cc(Cl)cnc2C#N)OC(CO)C(O)C1n1cc(-c2csc(N)n2)nn1. The van der Waals surface area contributed by atoms with Gasteiger partial charge >= 0.3 is 0 Å². The number of ether oxygens (including phenoxy) is 2. The molecule has 3 aromatic rings. The Labute approximate surface area is 195 Å². The number of aliphatic hydroxyl groups is 2. The number of pyridine rings is 1. The lowest BCUT2D eigenvalue weighted by atomic mass is 9.97. The lowest BCUT2D eigenvalue weighted by Crippen LogP contribution is -2.55. The second kappa shape index (κ2) is 9.67. The first kappa shape index (κ1) is 22.9. The van der Waals surface area contributed by atoms with Crippen LogP contribution in [0.1, 0.15) is 11.7 Å². The largest absolute Gasteiger partial charge is 0.394 e. The number of nitriles is 1. The van der Waals surface area contributed by atoms with Crippen LogP contribution in [0.3, 0.4) is 0 Å². The number of nitrogens with two attached hydrogens (primary N) is 1. The van der Waals surface area contributed by atoms with E-state index in [0.29, 0.717) is 26.4 Å². The molecular weight excluding hydrogens is 478 g/mol. The molecule has 14 heteroatoms. The van der Waals surface area contributed by atoms with Crippen molar-refractivity contribution in [2.75, 3.05) is 19.5 Å². The second-order valence-corrected chi connectivity index (χ2v) is 9.26. The van der Waals surface area contributed by atoms with Crippen molar-refractivity contribution in [2.45, 2.75) is 34.7 Å². The summed E-state index contributed by atoms with van der Waals surface area (Å²) < 4.78 is 13.1. The van der Waals surface area contributed by atoms with Crippen molar-refractivity contribution >= 4 is 39.8 Å². The van der Waals surface area contributed by atoms with Crippen LogP contribution in [0.4, 0.5) is 5.13 Å². The Bertz CT molecular complexity index is 1140. The highest BCUT2D eigenvalue weighted by atomic mass is 35.5. The van der Waals surface area contributed by atoms with E-state index < -0.39 is 36.4 Å². The number of anilines is 1. The highest BCUT2D eigenvalue weighted by Crippen LogP contribution is 2.40. The molecule has 0 radical (unpaired) electrons. The lowest BCUT2D eigenvalue weighted by Gasteiger charge is -2.43. The fourth-order valence-corrected chi connectivity index (χ4v) is 5.41. The number of hydrogen-bond donors (Lipinski definition) is 3. The Balaban J connectivity index is 1.68. The highest BCUT2D eigenvalue weighted by Gasteiger charge is 2.47. The standard InChI is InChI=1S/C18H18ClN7O4S2/c1-29-16-14(26-5-10(24-25-26)11-7-31-18(21)23-11)15(28)12(6-27)30-17(16)32-13-2-8(19)4-22-9(13)3-20/h2,4-5,7,12,14-17,27-28H,6H2,1H3,(H2,21,23). The average molecular weight is 496 g/mol. The molecule has 1 saturated heterocycles. The van der Waals surface area contributed by atoms with E-state index in [0.717, 1.165) is 11.8 Å². The molecule has 0 amide bonds. The monoisotopic (exact) mass is 495 g/mol. The van der Waals surface area contributed by atoms with Crippen LogP contribution in [0.2, 0.25) is 5.02 Å². The van der Waals surface area contributed by atoms with Crippen LogP contribution >= 0.6 is 34.7 Å². The van der Waals surface area contributed by atoms with Crippen molar-refractivity contribution in [3.05, 3.63) is 34.6 Å². The molecule has 1 aliphatic heterocycles. The summed E-state index contributed by atoms with van der Waals surface area (Å²) in [5, 5.41) is 40.9. The molecule has 11 nitrogen and oxygen atoms in total. The minimum Gasteiger partial charge on any atom is -0.394 e. The number of aliphatic hydroxyl groups excluding tert-OH is 2. The molecule has 32 heavy (non-hydrogen) atoms. The first-order valence-electron chi connectivity index (χ1n) is 9.27. The molecule has 168 valence electrons. The Morgan fingerprint density at radius 2 is 2.28 bits per heavy atom. The minimum absolute atomic E-state index is 0.172. The first-order chi connectivity index (χ1) is 15.4. The summed E-state index contributed by atoms with van der Waals surface area (Å²) in [6.45, 7) is -0.436. The number of methoxy groups -OCH3 is 1. The van der Waals surface area contributed by atoms with E-state index in [-0.39, 0.29) is 5.69 Å². The maximum absolute atomic E-state index is 10.9. The molecule has 0 saturated carbocycles. The van der Waals surface area contributed by atoms with Gasteiger partial charge in [-0.15, -0.1) is 16.4 Å². The van der Waals surface area contributed by atoms with Gasteiger partial charge in [-0.05, 0) is 6.07 Å². The third kappa shape index (κ3) is 4.44. The number of nitrogen functional groups attached to an aromatic ring is 1. The summed E-state index contributed by atoms with van der Waals surface area (Å²) in [5.74, 6) is 0. The van der Waals surface area contributed by atoms with Crippen molar-refractivity contribution in [3.8, 4) is 17.5 Å². The van der Waals surface area contributed by atoms with Gasteiger partial charge in [0.2, 0.25) is 0 Å². The average Bonchev–Trinajstić information content (AvgIpc) is 3.43. The van der Waals surface area contributed by atoms with Gasteiger partial charge in [0.1, 0.15) is 47.2 Å². The molecule has 5 atom stereocenters. The van der Waals surface area contributed by atoms with Gasteiger partial charge in [0.05, 0.1) is 17.8 Å². The Morgan fingerprint density at radius 1 is 1.47 bits per heavy atom. The summed E-state index contributed by atoms with van der Waals surface area (Å²) in [7, 11) is 1.47. The predicted octanol–water partition coefficient (Wildman–Crippen LogP) is 1.33. The van der Waals surface area contributed by atoms with Crippen LogP contribution in [0.25, 0.3) is 11.4 Å². The maximum Gasteiger partial charge on any atom is 0.180 e. The van der Waals surface area contributed by atoms with Crippen molar-refractivity contribution in [1.82, 2.24) is 25.0 Å². The van der Waals surface area contributed by atoms with Crippen LogP contribution < -0.4 is 5.73 Å². The summed E-state index contributed by atoms with van der Waals surface area (Å²) in [6, 6.07) is 2.86. The van der Waals surface area contributed by atoms with Gasteiger partial charge in [0, 0.05) is 23.6 Å². The van der Waals surface area contributed by atoms with Gasteiger partial charge < -0.3 is 25.4 Å². The molecule has 1 fully saturated rings. The van der Waals surface area contributed by atoms with E-state index in [1.807, 2.05) is 6.07 Å². The zero-order valence-electron chi connectivity index (χ0n) is 16.6. The zero-order valence-corrected chi connectivity index (χ0v) is 19.0. The fraction of sp³-hybridized carbons (Fsp3) is 0.389. The molecule has 4 rings (SSSR count). The van der Waals surface area contributed by atoms with Gasteiger partial charge in [-0.3, -0.25) is 0 Å².